The van der Waals surface area contributed by atoms with Crippen molar-refractivity contribution in [2.24, 2.45) is 12.2 Å². The summed E-state index contributed by atoms with van der Waals surface area (Å²) < 4.78 is 3.43. The SMILES string of the molecule is CO/N=C(/C(=O)N[C@H]1C(=O)N2C(C(=O)O)=C(Cn3n[n+](C)c4ccccc43)CS[C@@H]12)c1csc(N)n1. The Morgan fingerprint density at radius 2 is 2.17 bits per heavy atom. The first-order valence-electron chi connectivity index (χ1n) is 10.7. The van der Waals surface area contributed by atoms with Crippen molar-refractivity contribution in [3.63, 3.8) is 0 Å². The van der Waals surface area contributed by atoms with E-state index >= 15 is 0 Å². The zero-order valence-electron chi connectivity index (χ0n) is 19.1. The summed E-state index contributed by atoms with van der Waals surface area (Å²) in [5.74, 6) is -2.07. The molecule has 0 saturated carbocycles. The number of carbonyl (C=O) groups excluding carboxylic acids is 2. The van der Waals surface area contributed by atoms with Crippen LogP contribution >= 0.6 is 23.1 Å². The maximum Gasteiger partial charge on any atom is 0.352 e. The minimum atomic E-state index is -1.21. The lowest BCUT2D eigenvalue weighted by Gasteiger charge is -2.49. The zero-order valence-corrected chi connectivity index (χ0v) is 20.7. The summed E-state index contributed by atoms with van der Waals surface area (Å²) in [5, 5.41) is 22.0. The van der Waals surface area contributed by atoms with Crippen LogP contribution in [0.2, 0.25) is 0 Å². The number of oxime groups is 1. The van der Waals surface area contributed by atoms with Gasteiger partial charge in [0.2, 0.25) is 0 Å². The van der Waals surface area contributed by atoms with Gasteiger partial charge in [-0.3, -0.25) is 14.5 Å². The van der Waals surface area contributed by atoms with Gasteiger partial charge in [-0.15, -0.1) is 32.5 Å². The number of thioether (sulfide) groups is 1. The minimum Gasteiger partial charge on any atom is -0.477 e. The van der Waals surface area contributed by atoms with E-state index in [0.29, 0.717) is 11.3 Å². The number of carbonyl (C=O) groups is 3. The van der Waals surface area contributed by atoms with Crippen molar-refractivity contribution in [2.75, 3.05) is 18.6 Å². The molecule has 2 aromatic heterocycles. The van der Waals surface area contributed by atoms with Crippen LogP contribution in [0.4, 0.5) is 5.13 Å². The molecule has 1 fully saturated rings. The van der Waals surface area contributed by atoms with Crippen LogP contribution in [-0.4, -0.2) is 72.7 Å². The predicted molar refractivity (Wildman–Crippen MR) is 131 cm³/mol. The third kappa shape index (κ3) is 3.95. The van der Waals surface area contributed by atoms with Gasteiger partial charge in [0.15, 0.2) is 21.9 Å². The van der Waals surface area contributed by atoms with E-state index in [1.807, 2.05) is 31.3 Å². The monoisotopic (exact) mass is 529 g/mol. The standard InChI is InChI=1S/C21H20N8O5S2/c1-27-12-5-3-4-6-13(12)28(26-27)7-10-8-35-19-15(18(31)29(19)16(10)20(32)33)24-17(30)14(25-34-2)11-9-36-21(22)23-11/h3-6,9,15,19H,7-8H2,1-2H3,(H3-,22,23,24,30,32,33)/p+1/b25-14+/t15-,19-/m0/s1. The van der Waals surface area contributed by atoms with Gasteiger partial charge >= 0.3 is 5.97 Å². The summed E-state index contributed by atoms with van der Waals surface area (Å²) in [6.45, 7) is 0.208. The largest absolute Gasteiger partial charge is 0.477 e. The number of para-hydroxylation sites is 2. The van der Waals surface area contributed by atoms with Gasteiger partial charge in [0, 0.05) is 16.7 Å². The zero-order chi connectivity index (χ0) is 25.6. The molecule has 3 aromatic rings. The van der Waals surface area contributed by atoms with Crippen molar-refractivity contribution >= 4 is 62.8 Å². The molecule has 4 N–H and O–H groups in total. The van der Waals surface area contributed by atoms with Gasteiger partial charge in [-0.05, 0) is 12.1 Å². The number of anilines is 1. The summed E-state index contributed by atoms with van der Waals surface area (Å²) in [6.07, 6.45) is 0. The number of fused-ring (bicyclic) bond motifs is 2. The number of nitrogens with two attached hydrogens (primary N) is 1. The molecular weight excluding hydrogens is 508 g/mol. The molecule has 1 saturated heterocycles. The number of thiazole rings is 1. The van der Waals surface area contributed by atoms with E-state index in [1.54, 1.807) is 14.7 Å². The van der Waals surface area contributed by atoms with Gasteiger partial charge in [0.25, 0.3) is 11.8 Å². The van der Waals surface area contributed by atoms with Gasteiger partial charge < -0.3 is 21.0 Å². The number of amides is 2. The highest BCUT2D eigenvalue weighted by atomic mass is 32.2. The highest BCUT2D eigenvalue weighted by Crippen LogP contribution is 2.40. The van der Waals surface area contributed by atoms with Gasteiger partial charge in [0.1, 0.15) is 43.5 Å². The number of carboxylic acid groups (broad SMARTS) is 1. The Balaban J connectivity index is 1.38. The van der Waals surface area contributed by atoms with Crippen molar-refractivity contribution in [2.45, 2.75) is 18.0 Å². The molecule has 186 valence electrons. The van der Waals surface area contributed by atoms with Crippen LogP contribution in [-0.2, 0) is 32.8 Å². The first kappa shape index (κ1) is 23.7. The highest BCUT2D eigenvalue weighted by Gasteiger charge is 2.54. The number of nitrogen functional groups attached to an aromatic ring is 1. The molecule has 2 aliphatic heterocycles. The Morgan fingerprint density at radius 3 is 2.86 bits per heavy atom. The third-order valence-electron chi connectivity index (χ3n) is 5.79. The van der Waals surface area contributed by atoms with Crippen LogP contribution in [0.5, 0.6) is 0 Å². The lowest BCUT2D eigenvalue weighted by molar-refractivity contribution is -0.709. The second-order valence-electron chi connectivity index (χ2n) is 7.97. The summed E-state index contributed by atoms with van der Waals surface area (Å²) in [7, 11) is 3.09. The number of nitrogens with one attached hydrogen (secondary N) is 1. The molecule has 13 nitrogen and oxygen atoms in total. The number of hydrogen-bond acceptors (Lipinski definition) is 10. The summed E-state index contributed by atoms with van der Waals surface area (Å²) in [4.78, 5) is 48.2. The Labute approximate surface area is 212 Å². The van der Waals surface area contributed by atoms with E-state index in [4.69, 9.17) is 10.6 Å². The number of nitrogens with zero attached hydrogens (tertiary/aromatic N) is 6. The molecule has 0 aliphatic carbocycles. The molecule has 2 aliphatic rings. The fraction of sp³-hybridized carbons (Fsp3) is 0.286. The van der Waals surface area contributed by atoms with Crippen molar-refractivity contribution in [3.8, 4) is 0 Å². The van der Waals surface area contributed by atoms with E-state index in [0.717, 1.165) is 22.4 Å². The van der Waals surface area contributed by atoms with Gasteiger partial charge in [-0.25, -0.2) is 9.78 Å². The van der Waals surface area contributed by atoms with Crippen molar-refractivity contribution in [3.05, 3.63) is 46.6 Å². The fourth-order valence-corrected chi connectivity index (χ4v) is 6.10. The number of benzene rings is 1. The number of aryl methyl sites for hydroxylation is 1. The number of β-lactam (4-membered cyclic amide) rings is 1. The average molecular weight is 530 g/mol. The molecule has 1 aromatic carbocycles. The lowest BCUT2D eigenvalue weighted by atomic mass is 10.0. The van der Waals surface area contributed by atoms with Crippen LogP contribution in [0.3, 0.4) is 0 Å². The number of rotatable bonds is 7. The summed E-state index contributed by atoms with van der Waals surface area (Å²) in [5.41, 5.74) is 7.94. The number of carboxylic acids is 1. The predicted octanol–water partition coefficient (Wildman–Crippen LogP) is -0.311. The van der Waals surface area contributed by atoms with Crippen molar-refractivity contribution < 1.29 is 29.0 Å². The Morgan fingerprint density at radius 1 is 1.39 bits per heavy atom. The highest BCUT2D eigenvalue weighted by molar-refractivity contribution is 8.00. The first-order valence-corrected chi connectivity index (χ1v) is 12.6. The Hall–Kier alpha value is -3.98. The van der Waals surface area contributed by atoms with E-state index in [-0.39, 0.29) is 28.8 Å². The molecule has 2 amide bonds. The molecule has 36 heavy (non-hydrogen) atoms. The van der Waals surface area contributed by atoms with Crippen LogP contribution in [0.15, 0.2) is 46.1 Å². The van der Waals surface area contributed by atoms with Gasteiger partial charge in [-0.1, -0.05) is 17.3 Å². The molecule has 0 radical (unpaired) electrons. The van der Waals surface area contributed by atoms with Gasteiger partial charge in [-0.2, -0.15) is 0 Å². The van der Waals surface area contributed by atoms with Crippen LogP contribution in [0, 0.1) is 0 Å². The topological polar surface area (TPSA) is 169 Å². The normalized spacial score (nSPS) is 19.8. The van der Waals surface area contributed by atoms with Crippen LogP contribution < -0.4 is 15.7 Å². The minimum absolute atomic E-state index is 0.0884. The Kier molecular flexibility index (Phi) is 6.09. The maximum atomic E-state index is 13.1. The second kappa shape index (κ2) is 9.23. The molecule has 0 unspecified atom stereocenters. The van der Waals surface area contributed by atoms with Crippen LogP contribution in [0.25, 0.3) is 11.0 Å². The molecule has 0 bridgehead atoms. The number of hydrogen-bond donors (Lipinski definition) is 3. The van der Waals surface area contributed by atoms with Crippen molar-refractivity contribution in [1.82, 2.24) is 25.1 Å². The molecule has 5 rings (SSSR count). The van der Waals surface area contributed by atoms with Gasteiger partial charge in [0.05, 0.1) is 5.21 Å². The molecule has 15 heteroatoms. The number of aliphatic carboxylic acids is 1. The quantitative estimate of drug-likeness (QED) is 0.161. The van der Waals surface area contributed by atoms with E-state index in [2.05, 4.69) is 20.7 Å². The molecule has 0 spiro atoms. The molecule has 2 atom stereocenters. The first-order chi connectivity index (χ1) is 17.3. The van der Waals surface area contributed by atoms with Crippen molar-refractivity contribution in [1.29, 1.82) is 0 Å². The maximum absolute atomic E-state index is 13.1. The third-order valence-corrected chi connectivity index (χ3v) is 7.80. The lowest BCUT2D eigenvalue weighted by Crippen LogP contribution is -2.71. The molecular formula is C21H21N8O5S2+. The molecule has 4 heterocycles. The number of aromatic nitrogens is 4. The smallest absolute Gasteiger partial charge is 0.352 e. The Bertz CT molecular complexity index is 1460. The average Bonchev–Trinajstić information content (AvgIpc) is 3.43. The summed E-state index contributed by atoms with van der Waals surface area (Å²) in [6, 6.07) is 6.67. The fourth-order valence-electron chi connectivity index (χ4n) is 4.22. The summed E-state index contributed by atoms with van der Waals surface area (Å²) >= 11 is 2.50. The van der Waals surface area contributed by atoms with E-state index in [9.17, 15) is 19.5 Å². The van der Waals surface area contributed by atoms with E-state index < -0.39 is 29.2 Å². The second-order valence-corrected chi connectivity index (χ2v) is 9.97. The van der Waals surface area contributed by atoms with E-state index in [1.165, 1.54) is 23.8 Å². The van der Waals surface area contributed by atoms with Crippen LogP contribution in [0.1, 0.15) is 5.69 Å².